The number of carboxylic acid groups (broad SMARTS) is 1. The fourth-order valence-electron chi connectivity index (χ4n) is 6.91. The molecule has 0 bridgehead atoms. The van der Waals surface area contributed by atoms with E-state index in [-0.39, 0.29) is 50.2 Å². The summed E-state index contributed by atoms with van der Waals surface area (Å²) in [5, 5.41) is 62.5. The number of nitrogens with two attached hydrogens (primary N) is 2. The number of phenolic OH excluding ortho intramolecular Hbond substituents is 1. The number of nitrogen functional groups attached to an aromatic ring is 2. The Morgan fingerprint density at radius 1 is 0.437 bits per heavy atom. The van der Waals surface area contributed by atoms with Crippen LogP contribution in [0.3, 0.4) is 0 Å². The van der Waals surface area contributed by atoms with Crippen molar-refractivity contribution in [2.75, 3.05) is 11.5 Å². The van der Waals surface area contributed by atoms with Gasteiger partial charge in [0.25, 0.3) is 30.4 Å². The summed E-state index contributed by atoms with van der Waals surface area (Å²) in [6, 6.07) is 31.1. The molecule has 0 aromatic heterocycles. The summed E-state index contributed by atoms with van der Waals surface area (Å²) in [5.74, 6) is -2.73. The number of azo groups is 4. The van der Waals surface area contributed by atoms with E-state index < -0.39 is 79.6 Å². The summed E-state index contributed by atoms with van der Waals surface area (Å²) in [7, 11) is -15.4. The summed E-state index contributed by atoms with van der Waals surface area (Å²) in [5.41, 5.74) is 12.7. The number of nitrogens with zero attached hydrogens (tertiary/aromatic N) is 8. The van der Waals surface area contributed by atoms with Gasteiger partial charge in [-0.3, -0.25) is 13.7 Å². The Labute approximate surface area is 400 Å². The van der Waals surface area contributed by atoms with E-state index in [1.807, 2.05) is 0 Å². The molecule has 0 aliphatic heterocycles. The highest BCUT2D eigenvalue weighted by molar-refractivity contribution is 7.86. The first-order chi connectivity index (χ1) is 33.5. The third-order valence-electron chi connectivity index (χ3n) is 10.4. The summed E-state index contributed by atoms with van der Waals surface area (Å²) in [6.45, 7) is 0. The number of anilines is 2. The number of phenols is 2. The first kappa shape index (κ1) is 48.5. The van der Waals surface area contributed by atoms with Gasteiger partial charge in [-0.2, -0.15) is 40.6 Å². The molecule has 0 heterocycles. The second-order valence-electron chi connectivity index (χ2n) is 15.0. The standard InChI is InChI=1S/C45H32N10O13S3/c46-33-21-34(47)36(22-35(33)51-49-28-12-7-24(8-13-28)23-5-10-27(11-6-23)48-50-29-14-15-38(56)32(19-29)45(58)59)52-53-37-20-31-26(17-40(37)70(63,64)65)18-41(71(66,67)68)43(44(31)57)55-54-42-30-4-2-1-3-25(30)9-16-39(42)69(60,61)62/h1-22,56-57H,46-47H2,(H,58,59)(H,60,61,62)(H,63,64,65)(H,66,67,68). The average molecular weight is 1020 g/mol. The fraction of sp³-hybridized carbons (Fsp3) is 0. The molecule has 0 fully saturated rings. The number of aromatic hydroxyl groups is 2. The van der Waals surface area contributed by atoms with Crippen molar-refractivity contribution in [2.24, 2.45) is 40.9 Å². The molecule has 0 amide bonds. The van der Waals surface area contributed by atoms with Crippen molar-refractivity contribution in [1.82, 2.24) is 0 Å². The Morgan fingerprint density at radius 2 is 0.944 bits per heavy atom. The van der Waals surface area contributed by atoms with Gasteiger partial charge < -0.3 is 26.8 Å². The fourth-order valence-corrected chi connectivity index (χ4v) is 8.84. The highest BCUT2D eigenvalue weighted by Crippen LogP contribution is 2.46. The maximum Gasteiger partial charge on any atom is 0.339 e. The van der Waals surface area contributed by atoms with Crippen LogP contribution in [0, 0.1) is 0 Å². The van der Waals surface area contributed by atoms with E-state index in [1.165, 1.54) is 48.5 Å². The molecule has 0 radical (unpaired) electrons. The van der Waals surface area contributed by atoms with Gasteiger partial charge in [0.2, 0.25) is 0 Å². The van der Waals surface area contributed by atoms with E-state index in [0.717, 1.165) is 29.3 Å². The van der Waals surface area contributed by atoms with E-state index in [9.17, 15) is 59.0 Å². The van der Waals surface area contributed by atoms with Crippen molar-refractivity contribution in [3.8, 4) is 22.6 Å². The van der Waals surface area contributed by atoms with Crippen molar-refractivity contribution in [3.05, 3.63) is 139 Å². The summed E-state index contributed by atoms with van der Waals surface area (Å²) in [6.07, 6.45) is 0. The lowest BCUT2D eigenvalue weighted by Gasteiger charge is -2.12. The lowest BCUT2D eigenvalue weighted by atomic mass is 10.1. The molecule has 23 nitrogen and oxygen atoms in total. The van der Waals surface area contributed by atoms with Gasteiger partial charge in [0.05, 0.1) is 28.4 Å². The molecule has 8 aromatic rings. The third-order valence-corrected chi connectivity index (χ3v) is 13.0. The lowest BCUT2D eigenvalue weighted by Crippen LogP contribution is -2.01. The van der Waals surface area contributed by atoms with Gasteiger partial charge in [0, 0.05) is 10.8 Å². The predicted octanol–water partition coefficient (Wildman–Crippen LogP) is 11.3. The second-order valence-corrected chi connectivity index (χ2v) is 19.2. The van der Waals surface area contributed by atoms with Gasteiger partial charge in [-0.1, -0.05) is 54.6 Å². The maximum atomic E-state index is 12.6. The van der Waals surface area contributed by atoms with Crippen molar-refractivity contribution in [1.29, 1.82) is 0 Å². The predicted molar refractivity (Wildman–Crippen MR) is 258 cm³/mol. The zero-order valence-electron chi connectivity index (χ0n) is 35.7. The van der Waals surface area contributed by atoms with Crippen LogP contribution in [0.15, 0.2) is 189 Å². The molecule has 10 N–H and O–H groups in total. The van der Waals surface area contributed by atoms with Crippen LogP contribution in [-0.2, 0) is 30.4 Å². The molecule has 71 heavy (non-hydrogen) atoms. The van der Waals surface area contributed by atoms with Crippen LogP contribution in [0.25, 0.3) is 32.7 Å². The molecule has 0 aliphatic carbocycles. The van der Waals surface area contributed by atoms with Gasteiger partial charge in [-0.15, -0.1) is 25.6 Å². The van der Waals surface area contributed by atoms with E-state index in [2.05, 4.69) is 40.9 Å². The van der Waals surface area contributed by atoms with Crippen LogP contribution in [0.5, 0.6) is 11.5 Å². The van der Waals surface area contributed by atoms with Crippen LogP contribution in [0.4, 0.5) is 56.9 Å². The van der Waals surface area contributed by atoms with Crippen molar-refractivity contribution >= 4 is 115 Å². The maximum absolute atomic E-state index is 12.6. The molecule has 8 rings (SSSR count). The quantitative estimate of drug-likeness (QED) is 0.0302. The largest absolute Gasteiger partial charge is 0.507 e. The van der Waals surface area contributed by atoms with Crippen LogP contribution in [0.2, 0.25) is 0 Å². The molecule has 0 atom stereocenters. The topological polar surface area (TPSA) is 392 Å². The van der Waals surface area contributed by atoms with Crippen LogP contribution >= 0.6 is 0 Å². The molecule has 0 aliphatic rings. The normalized spacial score (nSPS) is 12.6. The monoisotopic (exact) mass is 1020 g/mol. The van der Waals surface area contributed by atoms with Gasteiger partial charge in [-0.05, 0) is 101 Å². The summed E-state index contributed by atoms with van der Waals surface area (Å²) in [4.78, 5) is 8.53. The van der Waals surface area contributed by atoms with E-state index in [0.29, 0.717) is 22.8 Å². The molecule has 0 spiro atoms. The average Bonchev–Trinajstić information content (AvgIpc) is 3.31. The number of carboxylic acids is 1. The Balaban J connectivity index is 1.08. The Kier molecular flexibility index (Phi) is 12.9. The van der Waals surface area contributed by atoms with Gasteiger partial charge >= 0.3 is 5.97 Å². The zero-order valence-corrected chi connectivity index (χ0v) is 38.1. The number of fused-ring (bicyclic) bond motifs is 2. The molecule has 0 saturated carbocycles. The van der Waals surface area contributed by atoms with Crippen molar-refractivity contribution in [2.45, 2.75) is 14.7 Å². The van der Waals surface area contributed by atoms with Gasteiger partial charge in [0.1, 0.15) is 54.4 Å². The highest BCUT2D eigenvalue weighted by atomic mass is 32.2. The number of carbonyl (C=O) groups is 1. The molecular weight excluding hydrogens is 985 g/mol. The van der Waals surface area contributed by atoms with Crippen LogP contribution in [0.1, 0.15) is 10.4 Å². The number of aromatic carboxylic acids is 1. The van der Waals surface area contributed by atoms with Crippen LogP contribution < -0.4 is 11.5 Å². The third kappa shape index (κ3) is 10.6. The van der Waals surface area contributed by atoms with Crippen molar-refractivity contribution in [3.63, 3.8) is 0 Å². The minimum Gasteiger partial charge on any atom is -0.507 e. The molecule has 0 saturated heterocycles. The van der Waals surface area contributed by atoms with E-state index in [1.54, 1.807) is 60.7 Å². The van der Waals surface area contributed by atoms with Gasteiger partial charge in [-0.25, -0.2) is 4.79 Å². The summed E-state index contributed by atoms with van der Waals surface area (Å²) < 4.78 is 105. The summed E-state index contributed by atoms with van der Waals surface area (Å²) >= 11 is 0. The number of rotatable bonds is 13. The zero-order chi connectivity index (χ0) is 51.0. The minimum absolute atomic E-state index is 0.0516. The van der Waals surface area contributed by atoms with E-state index in [4.69, 9.17) is 11.5 Å². The van der Waals surface area contributed by atoms with E-state index >= 15 is 0 Å². The Morgan fingerprint density at radius 3 is 1.54 bits per heavy atom. The minimum atomic E-state index is -5.30. The first-order valence-corrected chi connectivity index (χ1v) is 24.3. The molecule has 358 valence electrons. The number of hydrogen-bond acceptors (Lipinski definition) is 19. The molecule has 0 unspecified atom stereocenters. The molecule has 26 heteroatoms. The first-order valence-electron chi connectivity index (χ1n) is 20.0. The SMILES string of the molecule is Nc1cc(N)c(N=Nc2cc3c(O)c(N=Nc4c(S(=O)(=O)O)ccc5ccccc45)c(S(=O)(=O)O)cc3cc2S(=O)(=O)O)cc1N=Nc1ccc(-c2ccc(N=Nc3ccc(O)c(C(=O)O)c3)cc2)cc1. The number of hydrogen-bond donors (Lipinski definition) is 8. The lowest BCUT2D eigenvalue weighted by molar-refractivity contribution is 0.0693. The smallest absolute Gasteiger partial charge is 0.339 e. The Hall–Kier alpha value is -8.92. The molecule has 8 aromatic carbocycles. The molecular formula is C45H32N10O13S3. The van der Waals surface area contributed by atoms with Gasteiger partial charge in [0.15, 0.2) is 5.75 Å². The van der Waals surface area contributed by atoms with Crippen molar-refractivity contribution < 1.29 is 59.0 Å². The number of benzene rings is 8. The highest BCUT2D eigenvalue weighted by Gasteiger charge is 2.26. The Bertz CT molecular complexity index is 3980. The van der Waals surface area contributed by atoms with Crippen LogP contribution in [-0.4, -0.2) is 60.2 Å². The second kappa shape index (κ2) is 18.9.